The minimum atomic E-state index is -0.795. The Bertz CT molecular complexity index is 903. The molecule has 0 aliphatic carbocycles. The summed E-state index contributed by atoms with van der Waals surface area (Å²) >= 11 is 12.1. The minimum Gasteiger partial charge on any atom is -0.386 e. The number of pyridine rings is 1. The molecular weight excluding hydrogens is 374 g/mol. The lowest BCUT2D eigenvalue weighted by Crippen LogP contribution is -2.23. The molecule has 0 aliphatic rings. The molecule has 26 heavy (non-hydrogen) atoms. The number of likely N-dealkylation sites (N-methyl/N-ethyl adjacent to an activating group) is 1. The summed E-state index contributed by atoms with van der Waals surface area (Å²) in [6.45, 7) is 0. The number of halogens is 3. The monoisotopic (exact) mass is 390 g/mol. The van der Waals surface area contributed by atoms with E-state index in [1.165, 1.54) is 6.07 Å². The molecule has 3 aromatic rings. The third kappa shape index (κ3) is 4.05. The number of aromatic nitrogens is 1. The molecule has 3 rings (SSSR count). The Morgan fingerprint density at radius 3 is 2.23 bits per heavy atom. The summed E-state index contributed by atoms with van der Waals surface area (Å²) in [4.78, 5) is 3.86. The van der Waals surface area contributed by atoms with Crippen LogP contribution in [0, 0.1) is 5.82 Å². The molecule has 3 nitrogen and oxygen atoms in total. The molecule has 2 aromatic carbocycles. The van der Waals surface area contributed by atoms with Crippen molar-refractivity contribution in [2.75, 3.05) is 7.05 Å². The maximum atomic E-state index is 13.3. The maximum absolute atomic E-state index is 13.3. The predicted octanol–water partition coefficient (Wildman–Crippen LogP) is 5.19. The molecule has 0 unspecified atom stereocenters. The topological polar surface area (TPSA) is 45.1 Å². The van der Waals surface area contributed by atoms with E-state index in [1.54, 1.807) is 25.4 Å². The molecule has 0 spiro atoms. The van der Waals surface area contributed by atoms with Crippen LogP contribution >= 0.6 is 23.2 Å². The molecule has 0 radical (unpaired) electrons. The molecule has 2 atom stereocenters. The van der Waals surface area contributed by atoms with E-state index in [4.69, 9.17) is 23.2 Å². The van der Waals surface area contributed by atoms with Crippen molar-refractivity contribution in [1.29, 1.82) is 0 Å². The molecule has 0 bridgehead atoms. The van der Waals surface area contributed by atoms with Crippen molar-refractivity contribution in [2.45, 2.75) is 12.1 Å². The van der Waals surface area contributed by atoms with Crippen LogP contribution in [0.15, 0.2) is 60.9 Å². The third-order valence-corrected chi connectivity index (χ3v) is 4.96. The van der Waals surface area contributed by atoms with Crippen LogP contribution in [-0.4, -0.2) is 17.1 Å². The van der Waals surface area contributed by atoms with Crippen molar-refractivity contribution in [3.8, 4) is 11.1 Å². The molecule has 0 saturated heterocycles. The molecule has 0 fully saturated rings. The Morgan fingerprint density at radius 1 is 0.923 bits per heavy atom. The summed E-state index contributed by atoms with van der Waals surface area (Å²) in [5.74, 6) is -0.388. The van der Waals surface area contributed by atoms with Crippen LogP contribution in [0.2, 0.25) is 10.0 Å². The zero-order chi connectivity index (χ0) is 18.7. The fourth-order valence-electron chi connectivity index (χ4n) is 2.85. The van der Waals surface area contributed by atoms with Crippen molar-refractivity contribution < 1.29 is 9.50 Å². The van der Waals surface area contributed by atoms with Gasteiger partial charge in [0.1, 0.15) is 5.82 Å². The Morgan fingerprint density at radius 2 is 1.62 bits per heavy atom. The summed E-state index contributed by atoms with van der Waals surface area (Å²) in [7, 11) is 1.77. The van der Waals surface area contributed by atoms with Crippen molar-refractivity contribution in [3.05, 3.63) is 87.9 Å². The fourth-order valence-corrected chi connectivity index (χ4v) is 3.15. The van der Waals surface area contributed by atoms with Gasteiger partial charge in [0, 0.05) is 11.8 Å². The van der Waals surface area contributed by atoms with Gasteiger partial charge in [0.05, 0.1) is 28.4 Å². The Kier molecular flexibility index (Phi) is 5.89. The number of aliphatic hydroxyl groups is 1. The Hall–Kier alpha value is -1.98. The van der Waals surface area contributed by atoms with Gasteiger partial charge in [0.15, 0.2) is 0 Å². The molecule has 0 aliphatic heterocycles. The second-order valence-electron chi connectivity index (χ2n) is 5.90. The highest BCUT2D eigenvalue weighted by Crippen LogP contribution is 2.33. The van der Waals surface area contributed by atoms with Crippen molar-refractivity contribution in [3.63, 3.8) is 0 Å². The number of nitrogens with one attached hydrogen (secondary N) is 1. The third-order valence-electron chi connectivity index (χ3n) is 4.22. The van der Waals surface area contributed by atoms with Gasteiger partial charge >= 0.3 is 0 Å². The smallest absolute Gasteiger partial charge is 0.142 e. The van der Waals surface area contributed by atoms with Gasteiger partial charge in [0.25, 0.3) is 0 Å². The zero-order valence-electron chi connectivity index (χ0n) is 14.0. The van der Waals surface area contributed by atoms with E-state index in [0.717, 1.165) is 22.9 Å². The average Bonchev–Trinajstić information content (AvgIpc) is 2.65. The van der Waals surface area contributed by atoms with Gasteiger partial charge in [-0.2, -0.15) is 0 Å². The van der Waals surface area contributed by atoms with E-state index < -0.39 is 6.10 Å². The number of aliphatic hydroxyl groups excluding tert-OH is 1. The van der Waals surface area contributed by atoms with E-state index in [9.17, 15) is 9.50 Å². The first-order chi connectivity index (χ1) is 12.5. The van der Waals surface area contributed by atoms with Crippen LogP contribution in [0.1, 0.15) is 23.3 Å². The van der Waals surface area contributed by atoms with Gasteiger partial charge in [-0.3, -0.25) is 4.98 Å². The van der Waals surface area contributed by atoms with E-state index in [-0.39, 0.29) is 11.9 Å². The van der Waals surface area contributed by atoms with Gasteiger partial charge in [-0.15, -0.1) is 0 Å². The van der Waals surface area contributed by atoms with Crippen LogP contribution < -0.4 is 5.32 Å². The summed E-state index contributed by atoms with van der Waals surface area (Å²) in [5.41, 5.74) is 3.06. The zero-order valence-corrected chi connectivity index (χ0v) is 15.5. The first kappa shape index (κ1) is 18.8. The second kappa shape index (κ2) is 8.14. The molecule has 134 valence electrons. The first-order valence-corrected chi connectivity index (χ1v) is 8.76. The largest absolute Gasteiger partial charge is 0.386 e. The van der Waals surface area contributed by atoms with Gasteiger partial charge in [-0.1, -0.05) is 53.5 Å². The molecule has 0 saturated carbocycles. The van der Waals surface area contributed by atoms with Crippen LogP contribution in [0.5, 0.6) is 0 Å². The van der Waals surface area contributed by atoms with Crippen LogP contribution in [0.3, 0.4) is 0 Å². The van der Waals surface area contributed by atoms with Crippen molar-refractivity contribution >= 4 is 23.2 Å². The SMILES string of the molecule is CN[C@@H](c1ccc(Cl)c(Cl)c1)[C@H](O)c1ccc(-c2cncc(F)c2)cc1. The fraction of sp³-hybridized carbons (Fsp3) is 0.150. The number of benzene rings is 2. The highest BCUT2D eigenvalue weighted by molar-refractivity contribution is 6.42. The van der Waals surface area contributed by atoms with Crippen LogP contribution in [0.25, 0.3) is 11.1 Å². The molecule has 6 heteroatoms. The minimum absolute atomic E-state index is 0.355. The summed E-state index contributed by atoms with van der Waals surface area (Å²) in [5, 5.41) is 14.8. The second-order valence-corrected chi connectivity index (χ2v) is 6.71. The number of nitrogens with zero attached hydrogens (tertiary/aromatic N) is 1. The van der Waals surface area contributed by atoms with E-state index in [0.29, 0.717) is 15.6 Å². The lowest BCUT2D eigenvalue weighted by atomic mass is 9.94. The van der Waals surface area contributed by atoms with Crippen LogP contribution in [0.4, 0.5) is 4.39 Å². The number of hydrogen-bond donors (Lipinski definition) is 2. The normalized spacial score (nSPS) is 13.4. The predicted molar refractivity (Wildman–Crippen MR) is 103 cm³/mol. The van der Waals surface area contributed by atoms with Gasteiger partial charge in [-0.05, 0) is 41.9 Å². The summed E-state index contributed by atoms with van der Waals surface area (Å²) < 4.78 is 13.3. The lowest BCUT2D eigenvalue weighted by molar-refractivity contribution is 0.133. The quantitative estimate of drug-likeness (QED) is 0.629. The molecule has 1 aromatic heterocycles. The number of hydrogen-bond acceptors (Lipinski definition) is 3. The number of rotatable bonds is 5. The van der Waals surface area contributed by atoms with Gasteiger partial charge in [0.2, 0.25) is 0 Å². The molecular formula is C20H17Cl2FN2O. The van der Waals surface area contributed by atoms with Gasteiger partial charge < -0.3 is 10.4 Å². The van der Waals surface area contributed by atoms with E-state index in [1.807, 2.05) is 30.3 Å². The molecule has 1 heterocycles. The maximum Gasteiger partial charge on any atom is 0.142 e. The van der Waals surface area contributed by atoms with Gasteiger partial charge in [-0.25, -0.2) is 4.39 Å². The summed E-state index contributed by atoms with van der Waals surface area (Å²) in [6.07, 6.45) is 1.97. The molecule has 2 N–H and O–H groups in total. The molecule has 0 amide bonds. The van der Waals surface area contributed by atoms with Crippen molar-refractivity contribution in [1.82, 2.24) is 10.3 Å². The standard InChI is InChI=1S/C20H17Cl2FN2O/c1-24-19(14-6-7-17(21)18(22)9-14)20(26)13-4-2-12(3-5-13)15-8-16(23)11-25-10-15/h2-11,19-20,24,26H,1H3/t19-,20+/m0/s1. The highest BCUT2D eigenvalue weighted by atomic mass is 35.5. The van der Waals surface area contributed by atoms with E-state index in [2.05, 4.69) is 10.3 Å². The Balaban J connectivity index is 1.86. The first-order valence-electron chi connectivity index (χ1n) is 8.01. The van der Waals surface area contributed by atoms with Crippen LogP contribution in [-0.2, 0) is 0 Å². The highest BCUT2D eigenvalue weighted by Gasteiger charge is 2.22. The average molecular weight is 391 g/mol. The summed E-state index contributed by atoms with van der Waals surface area (Å²) in [6, 6.07) is 13.6. The lowest BCUT2D eigenvalue weighted by Gasteiger charge is -2.24. The van der Waals surface area contributed by atoms with Crippen molar-refractivity contribution in [2.24, 2.45) is 0 Å². The Labute approximate surface area is 161 Å². The van der Waals surface area contributed by atoms with E-state index >= 15 is 0 Å².